The van der Waals surface area contributed by atoms with Crippen LogP contribution >= 0.6 is 12.4 Å². The van der Waals surface area contributed by atoms with Crippen LogP contribution in [0.2, 0.25) is 0 Å². The number of hydrogen-bond donors (Lipinski definition) is 1. The van der Waals surface area contributed by atoms with Crippen LogP contribution in [0.4, 0.5) is 4.39 Å². The summed E-state index contributed by atoms with van der Waals surface area (Å²) in [4.78, 5) is 4.38. The minimum atomic E-state index is -0.243. The highest BCUT2D eigenvalue weighted by atomic mass is 35.5. The lowest BCUT2D eigenvalue weighted by Gasteiger charge is -2.20. The highest BCUT2D eigenvalue weighted by molar-refractivity contribution is 5.85. The first-order valence-corrected chi connectivity index (χ1v) is 7.02. The molecule has 1 aliphatic rings. The summed E-state index contributed by atoms with van der Waals surface area (Å²) >= 11 is 0. The largest absolute Gasteiger partial charge is 0.339 e. The van der Waals surface area contributed by atoms with Gasteiger partial charge in [0, 0.05) is 12.0 Å². The second kappa shape index (κ2) is 7.00. The van der Waals surface area contributed by atoms with Crippen LogP contribution in [-0.2, 0) is 6.42 Å². The fraction of sp³-hybridized carbons (Fsp3) is 0.467. The van der Waals surface area contributed by atoms with Crippen LogP contribution in [0.15, 0.2) is 22.7 Å². The number of halogens is 2. The molecule has 1 fully saturated rings. The van der Waals surface area contributed by atoms with E-state index in [0.717, 1.165) is 32.4 Å². The Hall–Kier alpha value is -1.46. The van der Waals surface area contributed by atoms with Crippen LogP contribution in [0.25, 0.3) is 11.4 Å². The Kier molecular flexibility index (Phi) is 5.31. The van der Waals surface area contributed by atoms with E-state index >= 15 is 0 Å². The third-order valence-corrected chi connectivity index (χ3v) is 3.82. The van der Waals surface area contributed by atoms with Crippen LogP contribution in [0.3, 0.4) is 0 Å². The van der Waals surface area contributed by atoms with E-state index in [9.17, 15) is 4.39 Å². The van der Waals surface area contributed by atoms with Crippen molar-refractivity contribution in [2.75, 3.05) is 13.1 Å². The Morgan fingerprint density at radius 1 is 1.33 bits per heavy atom. The van der Waals surface area contributed by atoms with Crippen molar-refractivity contribution in [3.8, 4) is 11.4 Å². The average Bonchev–Trinajstić information content (AvgIpc) is 2.91. The van der Waals surface area contributed by atoms with Crippen molar-refractivity contribution in [2.24, 2.45) is 5.92 Å². The van der Waals surface area contributed by atoms with Gasteiger partial charge in [-0.25, -0.2) is 4.39 Å². The topological polar surface area (TPSA) is 51.0 Å². The molecule has 0 saturated carbocycles. The van der Waals surface area contributed by atoms with Crippen LogP contribution in [0, 0.1) is 18.7 Å². The molecule has 0 spiro atoms. The van der Waals surface area contributed by atoms with Gasteiger partial charge in [-0.15, -0.1) is 12.4 Å². The highest BCUT2D eigenvalue weighted by Gasteiger charge is 2.18. The molecule has 1 aromatic heterocycles. The molecule has 114 valence electrons. The maximum absolute atomic E-state index is 13.6. The number of aryl methyl sites for hydroxylation is 1. The Morgan fingerprint density at radius 2 is 2.10 bits per heavy atom. The summed E-state index contributed by atoms with van der Waals surface area (Å²) in [6.07, 6.45) is 3.08. The zero-order chi connectivity index (χ0) is 13.9. The van der Waals surface area contributed by atoms with E-state index in [2.05, 4.69) is 15.5 Å². The first-order chi connectivity index (χ1) is 9.72. The molecule has 1 saturated heterocycles. The van der Waals surface area contributed by atoms with Crippen molar-refractivity contribution in [3.05, 3.63) is 35.5 Å². The smallest absolute Gasteiger partial charge is 0.227 e. The second-order valence-corrected chi connectivity index (χ2v) is 5.37. The van der Waals surface area contributed by atoms with Gasteiger partial charge in [0.25, 0.3) is 0 Å². The summed E-state index contributed by atoms with van der Waals surface area (Å²) in [6.45, 7) is 3.83. The molecule has 0 atom stereocenters. The summed E-state index contributed by atoms with van der Waals surface area (Å²) in [7, 11) is 0. The Balaban J connectivity index is 0.00000161. The fourth-order valence-corrected chi connectivity index (χ4v) is 2.52. The lowest BCUT2D eigenvalue weighted by Crippen LogP contribution is -2.28. The normalized spacial score (nSPS) is 15.7. The van der Waals surface area contributed by atoms with Crippen molar-refractivity contribution in [1.29, 1.82) is 0 Å². The first kappa shape index (κ1) is 15.9. The molecule has 3 rings (SSSR count). The molecule has 1 aliphatic heterocycles. The predicted octanol–water partition coefficient (Wildman–Crippen LogP) is 3.15. The van der Waals surface area contributed by atoms with E-state index < -0.39 is 0 Å². The number of benzene rings is 1. The van der Waals surface area contributed by atoms with Crippen molar-refractivity contribution >= 4 is 12.4 Å². The van der Waals surface area contributed by atoms with E-state index in [-0.39, 0.29) is 18.2 Å². The minimum Gasteiger partial charge on any atom is -0.339 e. The van der Waals surface area contributed by atoms with Gasteiger partial charge in [0.05, 0.1) is 0 Å². The average molecular weight is 312 g/mol. The molecule has 1 aromatic carbocycles. The zero-order valence-electron chi connectivity index (χ0n) is 11.9. The SMILES string of the molecule is Cc1ccc(-c2noc(CC3CCNCC3)n2)cc1F.Cl. The van der Waals surface area contributed by atoms with Crippen molar-refractivity contribution in [3.63, 3.8) is 0 Å². The summed E-state index contributed by atoms with van der Waals surface area (Å²) in [6, 6.07) is 5.00. The molecular weight excluding hydrogens is 293 g/mol. The summed E-state index contributed by atoms with van der Waals surface area (Å²) in [5, 5.41) is 7.29. The molecule has 0 aliphatic carbocycles. The molecule has 6 heteroatoms. The van der Waals surface area contributed by atoms with Gasteiger partial charge >= 0.3 is 0 Å². The van der Waals surface area contributed by atoms with Gasteiger partial charge < -0.3 is 9.84 Å². The van der Waals surface area contributed by atoms with Gasteiger partial charge in [0.15, 0.2) is 0 Å². The van der Waals surface area contributed by atoms with E-state index in [4.69, 9.17) is 4.52 Å². The molecule has 2 heterocycles. The molecule has 0 bridgehead atoms. The van der Waals surface area contributed by atoms with Gasteiger partial charge in [-0.05, 0) is 50.4 Å². The number of aromatic nitrogens is 2. The minimum absolute atomic E-state index is 0. The fourth-order valence-electron chi connectivity index (χ4n) is 2.52. The van der Waals surface area contributed by atoms with Gasteiger partial charge in [0.1, 0.15) is 5.82 Å². The number of nitrogens with zero attached hydrogens (tertiary/aromatic N) is 2. The first-order valence-electron chi connectivity index (χ1n) is 7.02. The summed E-state index contributed by atoms with van der Waals surface area (Å²) in [5.41, 5.74) is 1.28. The molecule has 21 heavy (non-hydrogen) atoms. The van der Waals surface area contributed by atoms with Crippen LogP contribution in [0.1, 0.15) is 24.3 Å². The number of piperidine rings is 1. The molecule has 1 N–H and O–H groups in total. The van der Waals surface area contributed by atoms with Gasteiger partial charge in [-0.1, -0.05) is 17.3 Å². The molecule has 0 radical (unpaired) electrons. The molecule has 2 aromatic rings. The molecular formula is C15H19ClFN3O. The Morgan fingerprint density at radius 3 is 2.81 bits per heavy atom. The highest BCUT2D eigenvalue weighted by Crippen LogP contribution is 2.21. The number of hydrogen-bond acceptors (Lipinski definition) is 4. The maximum Gasteiger partial charge on any atom is 0.227 e. The summed E-state index contributed by atoms with van der Waals surface area (Å²) < 4.78 is 18.8. The van der Waals surface area contributed by atoms with Gasteiger partial charge in [-0.3, -0.25) is 0 Å². The second-order valence-electron chi connectivity index (χ2n) is 5.37. The number of rotatable bonds is 3. The summed E-state index contributed by atoms with van der Waals surface area (Å²) in [5.74, 6) is 1.47. The molecule has 0 unspecified atom stereocenters. The third-order valence-electron chi connectivity index (χ3n) is 3.82. The van der Waals surface area contributed by atoms with Crippen LogP contribution in [0.5, 0.6) is 0 Å². The standard InChI is InChI=1S/C15H18FN3O.ClH/c1-10-2-3-12(9-13(10)16)15-18-14(20-19-15)8-11-4-6-17-7-5-11;/h2-3,9,11,17H,4-8H2,1H3;1H. The van der Waals surface area contributed by atoms with E-state index in [1.807, 2.05) is 6.07 Å². The van der Waals surface area contributed by atoms with Crippen LogP contribution in [-0.4, -0.2) is 23.2 Å². The van der Waals surface area contributed by atoms with E-state index in [0.29, 0.717) is 28.8 Å². The van der Waals surface area contributed by atoms with E-state index in [1.54, 1.807) is 13.0 Å². The Labute approximate surface area is 129 Å². The van der Waals surface area contributed by atoms with E-state index in [1.165, 1.54) is 6.07 Å². The lowest BCUT2D eigenvalue weighted by molar-refractivity contribution is 0.313. The third kappa shape index (κ3) is 3.80. The van der Waals surface area contributed by atoms with Crippen LogP contribution < -0.4 is 5.32 Å². The monoisotopic (exact) mass is 311 g/mol. The van der Waals surface area contributed by atoms with Crippen molar-refractivity contribution in [2.45, 2.75) is 26.2 Å². The van der Waals surface area contributed by atoms with Crippen molar-refractivity contribution in [1.82, 2.24) is 15.5 Å². The number of nitrogens with one attached hydrogen (secondary N) is 1. The van der Waals surface area contributed by atoms with Gasteiger partial charge in [0.2, 0.25) is 11.7 Å². The van der Waals surface area contributed by atoms with Crippen molar-refractivity contribution < 1.29 is 8.91 Å². The predicted molar refractivity (Wildman–Crippen MR) is 81.0 cm³/mol. The molecule has 4 nitrogen and oxygen atoms in total. The van der Waals surface area contributed by atoms with Gasteiger partial charge in [-0.2, -0.15) is 4.98 Å². The zero-order valence-corrected chi connectivity index (χ0v) is 12.8. The lowest BCUT2D eigenvalue weighted by atomic mass is 9.95. The Bertz CT molecular complexity index is 596. The quantitative estimate of drug-likeness (QED) is 0.946. The maximum atomic E-state index is 13.6. The molecule has 0 amide bonds.